The number of benzene rings is 1. The van der Waals surface area contributed by atoms with Gasteiger partial charge in [-0.05, 0) is 30.2 Å². The van der Waals surface area contributed by atoms with Crippen LogP contribution in [0.1, 0.15) is 16.7 Å². The van der Waals surface area contributed by atoms with Gasteiger partial charge in [-0.1, -0.05) is 6.07 Å². The number of aliphatic carboxylic acids is 1. The molecule has 0 bridgehead atoms. The van der Waals surface area contributed by atoms with Crippen LogP contribution in [0.25, 0.3) is 0 Å². The van der Waals surface area contributed by atoms with Gasteiger partial charge in [-0.2, -0.15) is 5.26 Å². The number of carboxylic acids is 1. The van der Waals surface area contributed by atoms with Crippen LogP contribution in [0.2, 0.25) is 0 Å². The minimum atomic E-state index is -0.985. The number of carboxylic acid groups (broad SMARTS) is 1. The van der Waals surface area contributed by atoms with E-state index in [-0.39, 0.29) is 13.2 Å². The number of carbonyl (C=O) groups is 1. The van der Waals surface area contributed by atoms with Crippen molar-refractivity contribution < 1.29 is 14.6 Å². The summed E-state index contributed by atoms with van der Waals surface area (Å²) >= 11 is 0. The molecule has 0 spiro atoms. The zero-order valence-electron chi connectivity index (χ0n) is 8.36. The van der Waals surface area contributed by atoms with Gasteiger partial charge in [0, 0.05) is 0 Å². The van der Waals surface area contributed by atoms with Crippen molar-refractivity contribution in [3.05, 3.63) is 34.9 Å². The Kier molecular flexibility index (Phi) is 3.83. The summed E-state index contributed by atoms with van der Waals surface area (Å²) in [5.74, 6) is -0.985. The van der Waals surface area contributed by atoms with E-state index in [2.05, 4.69) is 0 Å². The molecule has 0 amide bonds. The maximum absolute atomic E-state index is 10.2. The lowest BCUT2D eigenvalue weighted by Crippen LogP contribution is -2.07. The fraction of sp³-hybridized carbons (Fsp3) is 0.273. The molecule has 4 nitrogen and oxygen atoms in total. The molecule has 0 saturated carbocycles. The minimum absolute atomic E-state index is 0.254. The average Bonchev–Trinajstić information content (AvgIpc) is 2.20. The summed E-state index contributed by atoms with van der Waals surface area (Å²) in [5, 5.41) is 17.0. The molecule has 0 unspecified atom stereocenters. The van der Waals surface area contributed by atoms with Crippen molar-refractivity contribution in [1.29, 1.82) is 5.26 Å². The molecule has 1 rings (SSSR count). The minimum Gasteiger partial charge on any atom is -0.480 e. The number of hydrogen-bond acceptors (Lipinski definition) is 3. The zero-order valence-corrected chi connectivity index (χ0v) is 8.36. The van der Waals surface area contributed by atoms with Crippen molar-refractivity contribution in [3.8, 4) is 6.07 Å². The van der Waals surface area contributed by atoms with Crippen molar-refractivity contribution in [2.24, 2.45) is 0 Å². The maximum atomic E-state index is 10.2. The highest BCUT2D eigenvalue weighted by molar-refractivity contribution is 5.68. The summed E-state index contributed by atoms with van der Waals surface area (Å²) in [7, 11) is 0. The van der Waals surface area contributed by atoms with Crippen LogP contribution in [0.4, 0.5) is 0 Å². The molecule has 78 valence electrons. The molecule has 0 fully saturated rings. The Balaban J connectivity index is 2.63. The highest BCUT2D eigenvalue weighted by atomic mass is 16.5. The van der Waals surface area contributed by atoms with Gasteiger partial charge >= 0.3 is 5.97 Å². The number of nitrogens with zero attached hydrogens (tertiary/aromatic N) is 1. The third-order valence-corrected chi connectivity index (χ3v) is 1.95. The van der Waals surface area contributed by atoms with E-state index >= 15 is 0 Å². The van der Waals surface area contributed by atoms with Crippen LogP contribution < -0.4 is 0 Å². The lowest BCUT2D eigenvalue weighted by Gasteiger charge is -2.05. The van der Waals surface area contributed by atoms with Crippen LogP contribution in [0, 0.1) is 18.3 Å². The predicted octanol–water partition coefficient (Wildman–Crippen LogP) is 1.47. The molecule has 0 heterocycles. The SMILES string of the molecule is Cc1cc(C#N)ccc1COCC(=O)O. The van der Waals surface area contributed by atoms with Crippen molar-refractivity contribution in [1.82, 2.24) is 0 Å². The van der Waals surface area contributed by atoms with E-state index in [1.807, 2.05) is 13.0 Å². The Morgan fingerprint density at radius 1 is 1.60 bits per heavy atom. The summed E-state index contributed by atoms with van der Waals surface area (Å²) < 4.78 is 4.95. The van der Waals surface area contributed by atoms with Crippen LogP contribution in [0.3, 0.4) is 0 Å². The van der Waals surface area contributed by atoms with Gasteiger partial charge in [0.15, 0.2) is 0 Å². The first-order valence-electron chi connectivity index (χ1n) is 4.42. The maximum Gasteiger partial charge on any atom is 0.329 e. The van der Waals surface area contributed by atoms with E-state index in [1.54, 1.807) is 18.2 Å². The van der Waals surface area contributed by atoms with Crippen molar-refractivity contribution >= 4 is 5.97 Å². The topological polar surface area (TPSA) is 70.3 Å². The van der Waals surface area contributed by atoms with Gasteiger partial charge in [0.2, 0.25) is 0 Å². The number of nitriles is 1. The molecular formula is C11H11NO3. The molecule has 0 aromatic heterocycles. The molecule has 0 saturated heterocycles. The monoisotopic (exact) mass is 205 g/mol. The van der Waals surface area contributed by atoms with E-state index in [0.717, 1.165) is 11.1 Å². The summed E-state index contributed by atoms with van der Waals surface area (Å²) in [6, 6.07) is 7.24. The summed E-state index contributed by atoms with van der Waals surface area (Å²) in [6.45, 7) is 1.81. The van der Waals surface area contributed by atoms with E-state index in [9.17, 15) is 4.79 Å². The Morgan fingerprint density at radius 2 is 2.33 bits per heavy atom. The lowest BCUT2D eigenvalue weighted by atomic mass is 10.1. The van der Waals surface area contributed by atoms with Crippen LogP contribution in [-0.2, 0) is 16.1 Å². The quantitative estimate of drug-likeness (QED) is 0.807. The number of ether oxygens (including phenoxy) is 1. The second-order valence-electron chi connectivity index (χ2n) is 3.14. The Morgan fingerprint density at radius 3 is 2.87 bits per heavy atom. The van der Waals surface area contributed by atoms with Gasteiger partial charge in [0.1, 0.15) is 6.61 Å². The highest BCUT2D eigenvalue weighted by Gasteiger charge is 2.02. The average molecular weight is 205 g/mol. The van der Waals surface area contributed by atoms with Gasteiger partial charge in [-0.3, -0.25) is 0 Å². The van der Waals surface area contributed by atoms with Crippen LogP contribution >= 0.6 is 0 Å². The predicted molar refractivity (Wildman–Crippen MR) is 53.2 cm³/mol. The Bertz CT molecular complexity index is 407. The normalized spacial score (nSPS) is 9.60. The van der Waals surface area contributed by atoms with Gasteiger partial charge in [-0.15, -0.1) is 0 Å². The first-order valence-corrected chi connectivity index (χ1v) is 4.42. The summed E-state index contributed by atoms with van der Waals surface area (Å²) in [5.41, 5.74) is 2.42. The van der Waals surface area contributed by atoms with Crippen molar-refractivity contribution in [3.63, 3.8) is 0 Å². The fourth-order valence-electron chi connectivity index (χ4n) is 1.18. The third-order valence-electron chi connectivity index (χ3n) is 1.95. The molecule has 15 heavy (non-hydrogen) atoms. The van der Waals surface area contributed by atoms with Crippen LogP contribution in [-0.4, -0.2) is 17.7 Å². The summed E-state index contributed by atoms with van der Waals surface area (Å²) in [4.78, 5) is 10.2. The van der Waals surface area contributed by atoms with Gasteiger partial charge < -0.3 is 9.84 Å². The summed E-state index contributed by atoms with van der Waals surface area (Å²) in [6.07, 6.45) is 0. The molecule has 0 aliphatic heterocycles. The zero-order chi connectivity index (χ0) is 11.3. The largest absolute Gasteiger partial charge is 0.480 e. The smallest absolute Gasteiger partial charge is 0.329 e. The molecule has 0 aliphatic carbocycles. The fourth-order valence-corrected chi connectivity index (χ4v) is 1.18. The molecule has 1 aromatic carbocycles. The lowest BCUT2D eigenvalue weighted by molar-refractivity contribution is -0.142. The second kappa shape index (κ2) is 5.13. The Labute approximate surface area is 87.7 Å². The molecule has 1 aromatic rings. The van der Waals surface area contributed by atoms with Crippen molar-refractivity contribution in [2.75, 3.05) is 6.61 Å². The molecular weight excluding hydrogens is 194 g/mol. The highest BCUT2D eigenvalue weighted by Crippen LogP contribution is 2.11. The van der Waals surface area contributed by atoms with E-state index < -0.39 is 5.97 Å². The Hall–Kier alpha value is -1.86. The molecule has 4 heteroatoms. The standard InChI is InChI=1S/C11H11NO3/c1-8-4-9(5-12)2-3-10(8)6-15-7-11(13)14/h2-4H,6-7H2,1H3,(H,13,14). The third kappa shape index (κ3) is 3.41. The van der Waals surface area contributed by atoms with Crippen LogP contribution in [0.15, 0.2) is 18.2 Å². The molecule has 1 N–H and O–H groups in total. The van der Waals surface area contributed by atoms with E-state index in [0.29, 0.717) is 5.56 Å². The molecule has 0 radical (unpaired) electrons. The van der Waals surface area contributed by atoms with Crippen molar-refractivity contribution in [2.45, 2.75) is 13.5 Å². The first kappa shape index (κ1) is 11.2. The number of rotatable bonds is 4. The van der Waals surface area contributed by atoms with Gasteiger partial charge in [0.05, 0.1) is 18.2 Å². The second-order valence-corrected chi connectivity index (χ2v) is 3.14. The van der Waals surface area contributed by atoms with E-state index in [4.69, 9.17) is 15.1 Å². The molecule has 0 atom stereocenters. The van der Waals surface area contributed by atoms with Gasteiger partial charge in [0.25, 0.3) is 0 Å². The van der Waals surface area contributed by atoms with E-state index in [1.165, 1.54) is 0 Å². The number of aryl methyl sites for hydroxylation is 1. The van der Waals surface area contributed by atoms with Gasteiger partial charge in [-0.25, -0.2) is 4.79 Å². The number of hydrogen-bond donors (Lipinski definition) is 1. The molecule has 0 aliphatic rings. The van der Waals surface area contributed by atoms with Crippen LogP contribution in [0.5, 0.6) is 0 Å². The first-order chi connectivity index (χ1) is 7.13.